The van der Waals surface area contributed by atoms with E-state index >= 15 is 0 Å². The van der Waals surface area contributed by atoms with Gasteiger partial charge in [-0.15, -0.1) is 0 Å². The molecule has 0 atom stereocenters. The summed E-state index contributed by atoms with van der Waals surface area (Å²) in [6.45, 7) is 0. The summed E-state index contributed by atoms with van der Waals surface area (Å²) < 4.78 is 24.2. The molecule has 5 nitrogen and oxygen atoms in total. The van der Waals surface area contributed by atoms with Gasteiger partial charge in [0.05, 0.1) is 19.1 Å². The molecule has 0 fully saturated rings. The van der Waals surface area contributed by atoms with Crippen molar-refractivity contribution >= 4 is 29.2 Å². The fraction of sp³-hybridized carbons (Fsp3) is 0.0909. The molecule has 3 aromatic rings. The molecule has 0 aromatic heterocycles. The zero-order chi connectivity index (χ0) is 20.8. The third kappa shape index (κ3) is 5.12. The monoisotopic (exact) mass is 413 g/mol. The molecule has 0 saturated carbocycles. The second-order valence-corrected chi connectivity index (χ2v) is 6.44. The van der Waals surface area contributed by atoms with Gasteiger partial charge in [0.15, 0.2) is 0 Å². The van der Waals surface area contributed by atoms with Crippen molar-refractivity contribution < 1.29 is 23.5 Å². The average Bonchev–Trinajstić information content (AvgIpc) is 2.72. The Bertz CT molecular complexity index is 1020. The normalized spacial score (nSPS) is 10.3. The van der Waals surface area contributed by atoms with E-state index in [2.05, 4.69) is 5.32 Å². The van der Waals surface area contributed by atoms with Crippen LogP contribution in [0.2, 0.25) is 5.02 Å². The molecule has 0 unspecified atom stereocenters. The predicted molar refractivity (Wildman–Crippen MR) is 108 cm³/mol. The number of esters is 1. The fourth-order valence-corrected chi connectivity index (χ4v) is 2.88. The molecule has 1 amide bonds. The van der Waals surface area contributed by atoms with E-state index in [1.54, 1.807) is 36.4 Å². The third-order valence-corrected chi connectivity index (χ3v) is 4.43. The molecule has 0 aliphatic rings. The van der Waals surface area contributed by atoms with Gasteiger partial charge in [0.25, 0.3) is 5.91 Å². The maximum Gasteiger partial charge on any atom is 0.315 e. The number of nitrogens with one attached hydrogen (secondary N) is 1. The van der Waals surface area contributed by atoms with E-state index in [1.165, 1.54) is 37.4 Å². The first-order chi connectivity index (χ1) is 14.0. The number of hydrogen-bond acceptors (Lipinski definition) is 4. The van der Waals surface area contributed by atoms with Gasteiger partial charge in [-0.25, -0.2) is 4.39 Å². The summed E-state index contributed by atoms with van der Waals surface area (Å²) in [5, 5.41) is 2.91. The first kappa shape index (κ1) is 20.4. The van der Waals surface area contributed by atoms with Gasteiger partial charge < -0.3 is 14.8 Å². The van der Waals surface area contributed by atoms with Crippen molar-refractivity contribution in [1.29, 1.82) is 0 Å². The lowest BCUT2D eigenvalue weighted by molar-refractivity contribution is -0.133. The van der Waals surface area contributed by atoms with Crippen LogP contribution in [0.4, 0.5) is 10.1 Å². The van der Waals surface area contributed by atoms with E-state index in [9.17, 15) is 14.0 Å². The zero-order valence-electron chi connectivity index (χ0n) is 15.4. The quantitative estimate of drug-likeness (QED) is 0.461. The van der Waals surface area contributed by atoms with Crippen molar-refractivity contribution in [2.24, 2.45) is 0 Å². The van der Waals surface area contributed by atoms with Crippen LogP contribution in [-0.2, 0) is 11.2 Å². The molecule has 148 valence electrons. The molecule has 29 heavy (non-hydrogen) atoms. The number of amides is 1. The standard InChI is InChI=1S/C22H17ClFNO4/c1-28-20-8-3-2-5-16(20)22(27)25-14-9-11-15(12-10-14)29-21(26)13-17-18(23)6-4-7-19(17)24/h2-12H,13H2,1H3,(H,25,27). The topological polar surface area (TPSA) is 64.6 Å². The van der Waals surface area contributed by atoms with Crippen LogP contribution in [0.1, 0.15) is 15.9 Å². The predicted octanol–water partition coefficient (Wildman–Crippen LogP) is 4.89. The zero-order valence-corrected chi connectivity index (χ0v) is 16.2. The Kier molecular flexibility index (Phi) is 6.46. The molecule has 1 N–H and O–H groups in total. The lowest BCUT2D eigenvalue weighted by Gasteiger charge is -2.10. The molecule has 3 aromatic carbocycles. The molecule has 0 saturated heterocycles. The number of ether oxygens (including phenoxy) is 2. The molecular formula is C22H17ClFNO4. The SMILES string of the molecule is COc1ccccc1C(=O)Nc1ccc(OC(=O)Cc2c(F)cccc2Cl)cc1. The molecule has 0 spiro atoms. The molecule has 0 heterocycles. The number of halogens is 2. The van der Waals surface area contributed by atoms with Crippen LogP contribution < -0.4 is 14.8 Å². The Labute approximate surface area is 172 Å². The van der Waals surface area contributed by atoms with Gasteiger partial charge >= 0.3 is 5.97 Å². The number of methoxy groups -OCH3 is 1. The number of carbonyl (C=O) groups excluding carboxylic acids is 2. The van der Waals surface area contributed by atoms with Crippen molar-refractivity contribution in [2.75, 3.05) is 12.4 Å². The Morgan fingerprint density at radius 2 is 1.72 bits per heavy atom. The molecule has 0 bridgehead atoms. The van der Waals surface area contributed by atoms with E-state index in [-0.39, 0.29) is 28.7 Å². The highest BCUT2D eigenvalue weighted by molar-refractivity contribution is 6.31. The minimum Gasteiger partial charge on any atom is -0.496 e. The maximum atomic E-state index is 13.8. The molecule has 3 rings (SSSR count). The highest BCUT2D eigenvalue weighted by Crippen LogP contribution is 2.23. The first-order valence-corrected chi connectivity index (χ1v) is 9.03. The number of rotatable bonds is 6. The highest BCUT2D eigenvalue weighted by Gasteiger charge is 2.14. The van der Waals surface area contributed by atoms with Crippen LogP contribution in [0.3, 0.4) is 0 Å². The van der Waals surface area contributed by atoms with Crippen LogP contribution in [-0.4, -0.2) is 19.0 Å². The van der Waals surface area contributed by atoms with Crippen molar-refractivity contribution in [3.8, 4) is 11.5 Å². The van der Waals surface area contributed by atoms with Crippen LogP contribution in [0.25, 0.3) is 0 Å². The number of benzene rings is 3. The first-order valence-electron chi connectivity index (χ1n) is 8.66. The summed E-state index contributed by atoms with van der Waals surface area (Å²) in [6, 6.07) is 17.3. The van der Waals surface area contributed by atoms with Gasteiger partial charge in [0, 0.05) is 16.3 Å². The summed E-state index contributed by atoms with van der Waals surface area (Å²) in [5.41, 5.74) is 0.991. The van der Waals surface area contributed by atoms with Crippen molar-refractivity contribution in [2.45, 2.75) is 6.42 Å². The fourth-order valence-electron chi connectivity index (χ4n) is 2.65. The number of para-hydroxylation sites is 1. The molecular weight excluding hydrogens is 397 g/mol. The number of hydrogen-bond donors (Lipinski definition) is 1. The molecule has 0 aliphatic carbocycles. The van der Waals surface area contributed by atoms with Gasteiger partial charge in [0.1, 0.15) is 17.3 Å². The van der Waals surface area contributed by atoms with Crippen LogP contribution in [0.5, 0.6) is 11.5 Å². The Hall–Kier alpha value is -3.38. The van der Waals surface area contributed by atoms with Crippen molar-refractivity contribution in [3.05, 3.63) is 88.7 Å². The van der Waals surface area contributed by atoms with Gasteiger partial charge in [-0.05, 0) is 48.5 Å². The van der Waals surface area contributed by atoms with E-state index in [0.717, 1.165) is 0 Å². The van der Waals surface area contributed by atoms with Crippen LogP contribution in [0.15, 0.2) is 66.7 Å². The lowest BCUT2D eigenvalue weighted by atomic mass is 10.1. The van der Waals surface area contributed by atoms with E-state index < -0.39 is 11.8 Å². The van der Waals surface area contributed by atoms with Crippen LogP contribution in [0, 0.1) is 5.82 Å². The van der Waals surface area contributed by atoms with E-state index in [1.807, 2.05) is 0 Å². The summed E-state index contributed by atoms with van der Waals surface area (Å²) in [4.78, 5) is 24.5. The highest BCUT2D eigenvalue weighted by atomic mass is 35.5. The molecule has 0 radical (unpaired) electrons. The van der Waals surface area contributed by atoms with Gasteiger partial charge in [-0.1, -0.05) is 29.8 Å². The van der Waals surface area contributed by atoms with E-state index in [4.69, 9.17) is 21.1 Å². The maximum absolute atomic E-state index is 13.8. The van der Waals surface area contributed by atoms with E-state index in [0.29, 0.717) is 17.0 Å². The molecule has 0 aliphatic heterocycles. The van der Waals surface area contributed by atoms with Crippen LogP contribution >= 0.6 is 11.6 Å². The second-order valence-electron chi connectivity index (χ2n) is 6.03. The minimum absolute atomic E-state index is 0.0832. The summed E-state index contributed by atoms with van der Waals surface area (Å²) >= 11 is 5.92. The van der Waals surface area contributed by atoms with Crippen molar-refractivity contribution in [3.63, 3.8) is 0 Å². The Balaban J connectivity index is 1.63. The number of anilines is 1. The Morgan fingerprint density at radius 3 is 2.41 bits per heavy atom. The number of carbonyl (C=O) groups is 2. The smallest absolute Gasteiger partial charge is 0.315 e. The molecule has 7 heteroatoms. The Morgan fingerprint density at radius 1 is 1.00 bits per heavy atom. The van der Waals surface area contributed by atoms with Gasteiger partial charge in [-0.3, -0.25) is 9.59 Å². The van der Waals surface area contributed by atoms with Crippen molar-refractivity contribution in [1.82, 2.24) is 0 Å². The minimum atomic E-state index is -0.650. The third-order valence-electron chi connectivity index (χ3n) is 4.08. The summed E-state index contributed by atoms with van der Waals surface area (Å²) in [7, 11) is 1.49. The second kappa shape index (κ2) is 9.21. The van der Waals surface area contributed by atoms with Gasteiger partial charge in [-0.2, -0.15) is 0 Å². The van der Waals surface area contributed by atoms with Gasteiger partial charge in [0.2, 0.25) is 0 Å². The average molecular weight is 414 g/mol. The lowest BCUT2D eigenvalue weighted by Crippen LogP contribution is -2.14. The summed E-state index contributed by atoms with van der Waals surface area (Å²) in [6.07, 6.45) is -0.294. The largest absolute Gasteiger partial charge is 0.496 e. The summed E-state index contributed by atoms with van der Waals surface area (Å²) in [5.74, 6) is -0.826.